The fourth-order valence-corrected chi connectivity index (χ4v) is 3.36. The third kappa shape index (κ3) is 8.07. The second kappa shape index (κ2) is 12.5. The first-order chi connectivity index (χ1) is 18.4. The molecular weight excluding hydrogens is 508 g/mol. The van der Waals surface area contributed by atoms with Gasteiger partial charge in [-0.05, 0) is 84.9 Å². The van der Waals surface area contributed by atoms with E-state index in [0.717, 1.165) is 0 Å². The summed E-state index contributed by atoms with van der Waals surface area (Å²) in [6.07, 6.45) is 3.36. The van der Waals surface area contributed by atoms with Gasteiger partial charge in [0.15, 0.2) is 5.76 Å². The van der Waals surface area contributed by atoms with Crippen molar-refractivity contribution >= 4 is 23.8 Å². The summed E-state index contributed by atoms with van der Waals surface area (Å²) in [5.74, 6) is 0.0696. The van der Waals surface area contributed by atoms with Crippen LogP contribution in [0.4, 0.5) is 0 Å². The molecular formula is C33H42O7. The topological polar surface area (TPSA) is 88.1 Å². The molecule has 0 aromatic heterocycles. The highest BCUT2D eigenvalue weighted by Crippen LogP contribution is 2.39. The Hall–Kier alpha value is -3.87. The molecule has 2 aromatic rings. The van der Waals surface area contributed by atoms with Crippen LogP contribution in [0.5, 0.6) is 17.2 Å². The summed E-state index contributed by atoms with van der Waals surface area (Å²) in [6.45, 7) is 20.7. The lowest BCUT2D eigenvalue weighted by molar-refractivity contribution is -0.143. The SMILES string of the molecule is C=CC(C)(C)c1cc(C=C(OC)C(=O)c2ccc(OC(=O)C(C)(C)C)cc2)c(OCC)cc1OC(=O)C(C)(C)C. The molecule has 0 aliphatic rings. The number of benzene rings is 2. The highest BCUT2D eigenvalue weighted by atomic mass is 16.5. The fourth-order valence-electron chi connectivity index (χ4n) is 3.36. The minimum atomic E-state index is -0.712. The van der Waals surface area contributed by atoms with Gasteiger partial charge in [-0.1, -0.05) is 19.9 Å². The Kier molecular flexibility index (Phi) is 10.1. The standard InChI is InChI=1S/C33H42O7/c1-12-33(9,10)24-18-22(25(38-13-2)20-26(24)40-30(36)32(6,7)8)19-27(37-11)28(34)21-14-16-23(17-15-21)39-29(35)31(3,4)5/h12,14-20H,1,13H2,2-11H3. The molecule has 2 rings (SSSR count). The Morgan fingerprint density at radius 3 is 1.85 bits per heavy atom. The number of allylic oxidation sites excluding steroid dienone is 2. The lowest BCUT2D eigenvalue weighted by atomic mass is 9.83. The number of ether oxygens (including phenoxy) is 4. The first kappa shape index (κ1) is 32.3. The molecule has 0 radical (unpaired) electrons. The zero-order valence-electron chi connectivity index (χ0n) is 25.4. The van der Waals surface area contributed by atoms with Gasteiger partial charge in [0.2, 0.25) is 5.78 Å². The number of carbonyl (C=O) groups is 3. The summed E-state index contributed by atoms with van der Waals surface area (Å²) < 4.78 is 22.6. The maximum Gasteiger partial charge on any atom is 0.316 e. The summed E-state index contributed by atoms with van der Waals surface area (Å²) in [5.41, 5.74) is -0.317. The Morgan fingerprint density at radius 2 is 1.38 bits per heavy atom. The summed E-state index contributed by atoms with van der Waals surface area (Å²) in [5, 5.41) is 0. The van der Waals surface area contributed by atoms with Crippen molar-refractivity contribution in [3.63, 3.8) is 0 Å². The van der Waals surface area contributed by atoms with Gasteiger partial charge >= 0.3 is 11.9 Å². The van der Waals surface area contributed by atoms with E-state index in [9.17, 15) is 14.4 Å². The van der Waals surface area contributed by atoms with Gasteiger partial charge in [-0.25, -0.2) is 0 Å². The molecule has 0 spiro atoms. The van der Waals surface area contributed by atoms with Gasteiger partial charge in [-0.3, -0.25) is 14.4 Å². The van der Waals surface area contributed by atoms with Crippen LogP contribution in [0.2, 0.25) is 0 Å². The van der Waals surface area contributed by atoms with Crippen molar-refractivity contribution in [2.45, 2.75) is 67.7 Å². The molecule has 0 aliphatic carbocycles. The zero-order chi connectivity index (χ0) is 30.5. The fraction of sp³-hybridized carbons (Fsp3) is 0.424. The van der Waals surface area contributed by atoms with E-state index >= 15 is 0 Å². The normalized spacial score (nSPS) is 12.4. The average molecular weight is 551 g/mol. The number of ketones is 1. The third-order valence-electron chi connectivity index (χ3n) is 6.10. The van der Waals surface area contributed by atoms with Gasteiger partial charge < -0.3 is 18.9 Å². The molecule has 0 fully saturated rings. The molecule has 40 heavy (non-hydrogen) atoms. The number of esters is 2. The molecule has 0 N–H and O–H groups in total. The van der Waals surface area contributed by atoms with Gasteiger partial charge in [0.25, 0.3) is 0 Å². The molecule has 2 aromatic carbocycles. The molecule has 0 heterocycles. The molecule has 0 saturated carbocycles. The Morgan fingerprint density at radius 1 is 0.825 bits per heavy atom. The van der Waals surface area contributed by atoms with Crippen molar-refractivity contribution in [2.24, 2.45) is 10.8 Å². The highest BCUT2D eigenvalue weighted by molar-refractivity contribution is 6.10. The summed E-state index contributed by atoms with van der Waals surface area (Å²) in [4.78, 5) is 38.3. The van der Waals surface area contributed by atoms with E-state index in [1.165, 1.54) is 7.11 Å². The molecule has 0 unspecified atom stereocenters. The van der Waals surface area contributed by atoms with Gasteiger partial charge in [0, 0.05) is 28.2 Å². The molecule has 216 valence electrons. The molecule has 0 bridgehead atoms. The second-order valence-corrected chi connectivity index (χ2v) is 12.1. The van der Waals surface area contributed by atoms with Crippen molar-refractivity contribution in [1.82, 2.24) is 0 Å². The first-order valence-electron chi connectivity index (χ1n) is 13.2. The van der Waals surface area contributed by atoms with Gasteiger partial charge in [-0.2, -0.15) is 0 Å². The molecule has 0 amide bonds. The summed E-state index contributed by atoms with van der Waals surface area (Å²) in [6, 6.07) is 9.77. The van der Waals surface area contributed by atoms with E-state index in [4.69, 9.17) is 18.9 Å². The van der Waals surface area contributed by atoms with E-state index in [-0.39, 0.29) is 23.5 Å². The van der Waals surface area contributed by atoms with E-state index in [2.05, 4.69) is 6.58 Å². The smallest absolute Gasteiger partial charge is 0.316 e. The van der Waals surface area contributed by atoms with Crippen molar-refractivity contribution in [3.8, 4) is 17.2 Å². The predicted molar refractivity (Wildman–Crippen MR) is 157 cm³/mol. The van der Waals surface area contributed by atoms with Gasteiger partial charge in [0.05, 0.1) is 24.5 Å². The van der Waals surface area contributed by atoms with Crippen LogP contribution >= 0.6 is 0 Å². The molecule has 0 atom stereocenters. The van der Waals surface area contributed by atoms with E-state index in [1.807, 2.05) is 26.8 Å². The van der Waals surface area contributed by atoms with Crippen LogP contribution in [-0.2, 0) is 19.7 Å². The summed E-state index contributed by atoms with van der Waals surface area (Å²) in [7, 11) is 1.41. The third-order valence-corrected chi connectivity index (χ3v) is 6.10. The number of hydrogen-bond acceptors (Lipinski definition) is 7. The number of methoxy groups -OCH3 is 1. The Bertz CT molecular complexity index is 1280. The van der Waals surface area contributed by atoms with Crippen LogP contribution in [0.3, 0.4) is 0 Å². The predicted octanol–water partition coefficient (Wildman–Crippen LogP) is 7.32. The minimum Gasteiger partial charge on any atom is -0.493 e. The number of Topliss-reactive ketones (excluding diaryl/α,β-unsaturated/α-hetero) is 1. The monoisotopic (exact) mass is 550 g/mol. The number of hydrogen-bond donors (Lipinski definition) is 0. The van der Waals surface area contributed by atoms with Crippen LogP contribution in [-0.4, -0.2) is 31.4 Å². The van der Waals surface area contributed by atoms with Crippen LogP contribution in [0, 0.1) is 10.8 Å². The molecule has 0 aliphatic heterocycles. The Labute approximate surface area is 238 Å². The summed E-state index contributed by atoms with van der Waals surface area (Å²) >= 11 is 0. The van der Waals surface area contributed by atoms with Crippen molar-refractivity contribution in [2.75, 3.05) is 13.7 Å². The molecule has 7 nitrogen and oxygen atoms in total. The Balaban J connectivity index is 2.56. The molecule has 7 heteroatoms. The van der Waals surface area contributed by atoms with E-state index < -0.39 is 16.2 Å². The van der Waals surface area contributed by atoms with Crippen LogP contribution < -0.4 is 14.2 Å². The number of rotatable bonds is 10. The van der Waals surface area contributed by atoms with Crippen LogP contribution in [0.25, 0.3) is 6.08 Å². The minimum absolute atomic E-state index is 0.0715. The maximum atomic E-state index is 13.4. The van der Waals surface area contributed by atoms with Crippen LogP contribution in [0.15, 0.2) is 54.8 Å². The van der Waals surface area contributed by atoms with E-state index in [0.29, 0.717) is 40.5 Å². The lowest BCUT2D eigenvalue weighted by Crippen LogP contribution is -2.27. The second-order valence-electron chi connectivity index (χ2n) is 12.1. The van der Waals surface area contributed by atoms with Gasteiger partial charge in [0.1, 0.15) is 17.2 Å². The number of carbonyl (C=O) groups excluding carboxylic acids is 3. The van der Waals surface area contributed by atoms with Crippen molar-refractivity contribution < 1.29 is 33.3 Å². The zero-order valence-corrected chi connectivity index (χ0v) is 25.4. The lowest BCUT2D eigenvalue weighted by Gasteiger charge is -2.26. The van der Waals surface area contributed by atoms with Gasteiger partial charge in [-0.15, -0.1) is 6.58 Å². The first-order valence-corrected chi connectivity index (χ1v) is 13.2. The quantitative estimate of drug-likeness (QED) is 0.0764. The van der Waals surface area contributed by atoms with Crippen LogP contribution in [0.1, 0.15) is 83.8 Å². The maximum absolute atomic E-state index is 13.4. The van der Waals surface area contributed by atoms with Crippen molar-refractivity contribution in [3.05, 3.63) is 71.5 Å². The van der Waals surface area contributed by atoms with E-state index in [1.54, 1.807) is 84.0 Å². The van der Waals surface area contributed by atoms with Crippen molar-refractivity contribution in [1.29, 1.82) is 0 Å². The molecule has 0 saturated heterocycles. The average Bonchev–Trinajstić information content (AvgIpc) is 2.87. The largest absolute Gasteiger partial charge is 0.493 e. The highest BCUT2D eigenvalue weighted by Gasteiger charge is 2.29.